The van der Waals surface area contributed by atoms with Crippen molar-refractivity contribution in [3.63, 3.8) is 0 Å². The molecule has 2 rings (SSSR count). The summed E-state index contributed by atoms with van der Waals surface area (Å²) in [5, 5.41) is 6.96. The van der Waals surface area contributed by atoms with E-state index in [2.05, 4.69) is 42.7 Å². The lowest BCUT2D eigenvalue weighted by atomic mass is 10.1. The maximum Gasteiger partial charge on any atom is 0.122 e. The minimum absolute atomic E-state index is 0.738. The summed E-state index contributed by atoms with van der Waals surface area (Å²) in [5.41, 5.74) is 2.72. The van der Waals surface area contributed by atoms with Gasteiger partial charge in [0.05, 0.1) is 6.61 Å². The first-order valence-corrected chi connectivity index (χ1v) is 7.42. The van der Waals surface area contributed by atoms with Crippen molar-refractivity contribution < 1.29 is 4.74 Å². The lowest BCUT2D eigenvalue weighted by Crippen LogP contribution is -2.24. The number of rotatable bonds is 8. The van der Waals surface area contributed by atoms with Gasteiger partial charge < -0.3 is 15.4 Å². The van der Waals surface area contributed by atoms with Gasteiger partial charge in [-0.25, -0.2) is 0 Å². The predicted octanol–water partition coefficient (Wildman–Crippen LogP) is 2.35. The van der Waals surface area contributed by atoms with Crippen LogP contribution >= 0.6 is 0 Å². The van der Waals surface area contributed by atoms with Gasteiger partial charge in [-0.1, -0.05) is 26.0 Å². The molecule has 3 nitrogen and oxygen atoms in total. The van der Waals surface area contributed by atoms with E-state index in [-0.39, 0.29) is 0 Å². The van der Waals surface area contributed by atoms with E-state index in [0.717, 1.165) is 50.9 Å². The Kier molecular flexibility index (Phi) is 5.67. The highest BCUT2D eigenvalue weighted by molar-refractivity contribution is 5.39. The van der Waals surface area contributed by atoms with Crippen LogP contribution in [0.25, 0.3) is 0 Å². The second-order valence-corrected chi connectivity index (χ2v) is 5.67. The molecular weight excluding hydrogens is 236 g/mol. The number of nitrogens with one attached hydrogen (secondary N) is 2. The van der Waals surface area contributed by atoms with Gasteiger partial charge in [0.25, 0.3) is 0 Å². The molecule has 1 aliphatic heterocycles. The van der Waals surface area contributed by atoms with Gasteiger partial charge in [-0.3, -0.25) is 0 Å². The summed E-state index contributed by atoms with van der Waals surface area (Å²) in [6, 6.07) is 6.53. The largest absolute Gasteiger partial charge is 0.493 e. The summed E-state index contributed by atoms with van der Waals surface area (Å²) in [5.74, 6) is 1.81. The Balaban J connectivity index is 1.58. The number of fused-ring (bicyclic) bond motifs is 1. The summed E-state index contributed by atoms with van der Waals surface area (Å²) in [4.78, 5) is 0. The maximum absolute atomic E-state index is 5.51. The molecule has 1 heterocycles. The molecule has 0 unspecified atom stereocenters. The molecule has 1 aromatic carbocycles. The molecule has 0 saturated heterocycles. The van der Waals surface area contributed by atoms with Crippen molar-refractivity contribution in [1.29, 1.82) is 0 Å². The van der Waals surface area contributed by atoms with Gasteiger partial charge >= 0.3 is 0 Å². The van der Waals surface area contributed by atoms with E-state index in [9.17, 15) is 0 Å². The molecular formula is C16H26N2O. The van der Waals surface area contributed by atoms with Crippen LogP contribution in [0.15, 0.2) is 18.2 Å². The molecule has 0 atom stereocenters. The Morgan fingerprint density at radius 1 is 1.21 bits per heavy atom. The van der Waals surface area contributed by atoms with Crippen LogP contribution in [-0.4, -0.2) is 26.2 Å². The van der Waals surface area contributed by atoms with Crippen molar-refractivity contribution in [2.45, 2.75) is 33.2 Å². The van der Waals surface area contributed by atoms with E-state index < -0.39 is 0 Å². The number of ether oxygens (including phenoxy) is 1. The zero-order chi connectivity index (χ0) is 13.5. The lowest BCUT2D eigenvalue weighted by molar-refractivity contribution is 0.357. The van der Waals surface area contributed by atoms with Crippen LogP contribution in [-0.2, 0) is 13.0 Å². The Hall–Kier alpha value is -1.06. The summed E-state index contributed by atoms with van der Waals surface area (Å²) in [6.07, 6.45) is 2.24. The monoisotopic (exact) mass is 262 g/mol. The van der Waals surface area contributed by atoms with Crippen LogP contribution in [0.3, 0.4) is 0 Å². The van der Waals surface area contributed by atoms with Crippen molar-refractivity contribution in [2.75, 3.05) is 26.2 Å². The number of benzene rings is 1. The molecule has 2 N–H and O–H groups in total. The van der Waals surface area contributed by atoms with E-state index >= 15 is 0 Å². The molecule has 19 heavy (non-hydrogen) atoms. The van der Waals surface area contributed by atoms with E-state index in [1.807, 2.05) is 0 Å². The van der Waals surface area contributed by atoms with E-state index in [1.54, 1.807) is 0 Å². The van der Waals surface area contributed by atoms with E-state index in [4.69, 9.17) is 4.74 Å². The van der Waals surface area contributed by atoms with Gasteiger partial charge in [0, 0.05) is 13.0 Å². The first-order valence-electron chi connectivity index (χ1n) is 7.42. The minimum atomic E-state index is 0.738. The first kappa shape index (κ1) is 14.4. The van der Waals surface area contributed by atoms with Gasteiger partial charge in [0.1, 0.15) is 5.75 Å². The Morgan fingerprint density at radius 2 is 2.05 bits per heavy atom. The third kappa shape index (κ3) is 4.84. The quantitative estimate of drug-likeness (QED) is 0.706. The molecule has 1 aliphatic rings. The highest BCUT2D eigenvalue weighted by Gasteiger charge is 2.11. The summed E-state index contributed by atoms with van der Waals surface area (Å²) in [6.45, 7) is 9.56. The smallest absolute Gasteiger partial charge is 0.122 e. The standard InChI is InChI=1S/C16H26N2O/c1-13(2)11-17-7-3-8-18-12-14-4-5-16-15(10-14)6-9-19-16/h4-5,10,13,17-18H,3,6-9,11-12H2,1-2H3. The SMILES string of the molecule is CC(C)CNCCCNCc1ccc2c(c1)CCO2. The highest BCUT2D eigenvalue weighted by atomic mass is 16.5. The highest BCUT2D eigenvalue weighted by Crippen LogP contribution is 2.25. The zero-order valence-corrected chi connectivity index (χ0v) is 12.2. The molecule has 0 spiro atoms. The average Bonchev–Trinajstić information content (AvgIpc) is 2.84. The van der Waals surface area contributed by atoms with Gasteiger partial charge in [-0.15, -0.1) is 0 Å². The molecule has 0 radical (unpaired) electrons. The molecule has 106 valence electrons. The van der Waals surface area contributed by atoms with Gasteiger partial charge in [-0.2, -0.15) is 0 Å². The topological polar surface area (TPSA) is 33.3 Å². The average molecular weight is 262 g/mol. The number of hydrogen-bond acceptors (Lipinski definition) is 3. The zero-order valence-electron chi connectivity index (χ0n) is 12.2. The van der Waals surface area contributed by atoms with Crippen LogP contribution in [0, 0.1) is 5.92 Å². The Labute approximate surface area is 116 Å². The van der Waals surface area contributed by atoms with Crippen molar-refractivity contribution in [1.82, 2.24) is 10.6 Å². The lowest BCUT2D eigenvalue weighted by Gasteiger charge is -2.08. The second kappa shape index (κ2) is 7.51. The normalized spacial score (nSPS) is 13.6. The van der Waals surface area contributed by atoms with Crippen LogP contribution in [0.5, 0.6) is 5.75 Å². The Morgan fingerprint density at radius 3 is 2.89 bits per heavy atom. The second-order valence-electron chi connectivity index (χ2n) is 5.67. The van der Waals surface area contributed by atoms with Gasteiger partial charge in [0.2, 0.25) is 0 Å². The first-order chi connectivity index (χ1) is 9.25. The number of hydrogen-bond donors (Lipinski definition) is 2. The Bertz CT molecular complexity index is 390. The molecule has 0 aromatic heterocycles. The molecule has 0 bridgehead atoms. The van der Waals surface area contributed by atoms with Crippen molar-refractivity contribution in [3.8, 4) is 5.75 Å². The molecule has 0 aliphatic carbocycles. The molecule has 0 saturated carbocycles. The van der Waals surface area contributed by atoms with Crippen LogP contribution in [0.1, 0.15) is 31.4 Å². The fourth-order valence-electron chi connectivity index (χ4n) is 2.31. The van der Waals surface area contributed by atoms with Crippen LogP contribution < -0.4 is 15.4 Å². The molecule has 3 heteroatoms. The summed E-state index contributed by atoms with van der Waals surface area (Å²) in [7, 11) is 0. The van der Waals surface area contributed by atoms with Gasteiger partial charge in [-0.05, 0) is 49.2 Å². The molecule has 0 fully saturated rings. The van der Waals surface area contributed by atoms with Crippen LogP contribution in [0.2, 0.25) is 0 Å². The fourth-order valence-corrected chi connectivity index (χ4v) is 2.31. The predicted molar refractivity (Wildman–Crippen MR) is 79.7 cm³/mol. The van der Waals surface area contributed by atoms with Crippen molar-refractivity contribution >= 4 is 0 Å². The van der Waals surface area contributed by atoms with E-state index in [0.29, 0.717) is 0 Å². The van der Waals surface area contributed by atoms with Crippen LogP contribution in [0.4, 0.5) is 0 Å². The van der Waals surface area contributed by atoms with Crippen molar-refractivity contribution in [3.05, 3.63) is 29.3 Å². The summed E-state index contributed by atoms with van der Waals surface area (Å²) >= 11 is 0. The van der Waals surface area contributed by atoms with E-state index in [1.165, 1.54) is 17.5 Å². The third-order valence-electron chi connectivity index (χ3n) is 3.34. The fraction of sp³-hybridized carbons (Fsp3) is 0.625. The maximum atomic E-state index is 5.51. The van der Waals surface area contributed by atoms with Crippen molar-refractivity contribution in [2.24, 2.45) is 5.92 Å². The third-order valence-corrected chi connectivity index (χ3v) is 3.34. The minimum Gasteiger partial charge on any atom is -0.493 e. The molecule has 1 aromatic rings. The summed E-state index contributed by atoms with van der Waals surface area (Å²) < 4.78 is 5.51. The molecule has 0 amide bonds. The van der Waals surface area contributed by atoms with Gasteiger partial charge in [0.15, 0.2) is 0 Å².